The lowest BCUT2D eigenvalue weighted by molar-refractivity contribution is -0.00872. The number of Topliss-reactive ketones (excluding diaryl/α,β-unsaturated/α-hetero) is 2. The topological polar surface area (TPSA) is 125 Å². The highest BCUT2D eigenvalue weighted by Crippen LogP contribution is 2.22. The Bertz CT molecular complexity index is 716. The van der Waals surface area contributed by atoms with Crippen molar-refractivity contribution in [1.82, 2.24) is 0 Å². The Hall–Kier alpha value is -2.15. The number of carbonyl (C=O) groups is 2. The molecule has 0 heterocycles. The van der Waals surface area contributed by atoms with Crippen molar-refractivity contribution < 1.29 is 27.3 Å². The maximum absolute atomic E-state index is 11.9. The van der Waals surface area contributed by atoms with Crippen LogP contribution in [0.1, 0.15) is 20.7 Å². The smallest absolute Gasteiger partial charge is 0.361 e. The van der Waals surface area contributed by atoms with E-state index in [2.05, 4.69) is 4.79 Å². The highest BCUT2D eigenvalue weighted by atomic mass is 32.2. The third-order valence-corrected chi connectivity index (χ3v) is 3.59. The summed E-state index contributed by atoms with van der Waals surface area (Å²) < 4.78 is 31.2. The molecule has 0 aliphatic heterocycles. The molecule has 0 saturated carbocycles. The Morgan fingerprint density at radius 3 is 2.22 bits per heavy atom. The van der Waals surface area contributed by atoms with Gasteiger partial charge in [0.05, 0.1) is 0 Å². The largest absolute Gasteiger partial charge is 0.367 e. The van der Waals surface area contributed by atoms with Crippen LogP contribution in [0.3, 0.4) is 0 Å². The van der Waals surface area contributed by atoms with Crippen LogP contribution in [-0.2, 0) is 10.1 Å². The molecule has 1 unspecified atom stereocenters. The van der Waals surface area contributed by atoms with E-state index in [1.807, 2.05) is 0 Å². The monoisotopic (exact) mass is 266 g/mol. The lowest BCUT2D eigenvalue weighted by atomic mass is 9.88. The number of benzene rings is 1. The average molecular weight is 266 g/mol. The van der Waals surface area contributed by atoms with E-state index in [1.54, 1.807) is 0 Å². The molecule has 1 aliphatic carbocycles. The number of rotatable bonds is 1. The number of hydrogen-bond donors (Lipinski definition) is 1. The minimum Gasteiger partial charge on any atom is -0.361 e. The Morgan fingerprint density at radius 1 is 1.17 bits per heavy atom. The van der Waals surface area contributed by atoms with Gasteiger partial charge in [-0.15, -0.1) is 0 Å². The van der Waals surface area contributed by atoms with Gasteiger partial charge in [0.2, 0.25) is 0 Å². The van der Waals surface area contributed by atoms with E-state index in [0.29, 0.717) is 0 Å². The van der Waals surface area contributed by atoms with Crippen molar-refractivity contribution in [2.75, 3.05) is 0 Å². The summed E-state index contributed by atoms with van der Waals surface area (Å²) >= 11 is 0. The molecule has 1 aliphatic rings. The maximum Gasteiger partial charge on any atom is 0.367 e. The van der Waals surface area contributed by atoms with Crippen LogP contribution in [0.15, 0.2) is 24.3 Å². The first kappa shape index (κ1) is 12.3. The second-order valence-electron chi connectivity index (χ2n) is 3.62. The highest BCUT2D eigenvalue weighted by Gasteiger charge is 2.51. The molecule has 0 spiro atoms. The van der Waals surface area contributed by atoms with Gasteiger partial charge in [-0.25, -0.2) is 0 Å². The SMILES string of the molecule is [N-]=[N+]=C1C(=O)c2ccccc2C(=O)C1S(=O)(=O)O. The highest BCUT2D eigenvalue weighted by molar-refractivity contribution is 7.88. The first-order valence-corrected chi connectivity index (χ1v) is 6.24. The number of fused-ring (bicyclic) bond motifs is 1. The fraction of sp³-hybridized carbons (Fsp3) is 0.100. The van der Waals surface area contributed by atoms with Crippen molar-refractivity contribution in [1.29, 1.82) is 0 Å². The van der Waals surface area contributed by atoms with E-state index in [-0.39, 0.29) is 11.1 Å². The molecule has 0 bridgehead atoms. The van der Waals surface area contributed by atoms with E-state index < -0.39 is 32.6 Å². The van der Waals surface area contributed by atoms with E-state index in [9.17, 15) is 18.0 Å². The summed E-state index contributed by atoms with van der Waals surface area (Å²) in [6.45, 7) is 0. The minimum absolute atomic E-state index is 0.0600. The zero-order chi connectivity index (χ0) is 13.5. The van der Waals surface area contributed by atoms with Gasteiger partial charge >= 0.3 is 5.71 Å². The van der Waals surface area contributed by atoms with Crippen molar-refractivity contribution in [3.8, 4) is 0 Å². The Balaban J connectivity index is 2.80. The van der Waals surface area contributed by atoms with Crippen LogP contribution in [0.25, 0.3) is 5.53 Å². The molecule has 0 aromatic heterocycles. The summed E-state index contributed by atoms with van der Waals surface area (Å²) in [5, 5.41) is -2.18. The Labute approximate surface area is 101 Å². The van der Waals surface area contributed by atoms with Gasteiger partial charge < -0.3 is 5.53 Å². The van der Waals surface area contributed by atoms with E-state index in [1.165, 1.54) is 24.3 Å². The summed E-state index contributed by atoms with van der Waals surface area (Å²) in [5.41, 5.74) is 7.59. The normalized spacial score (nSPS) is 19.4. The van der Waals surface area contributed by atoms with Crippen LogP contribution in [0.5, 0.6) is 0 Å². The fourth-order valence-electron chi connectivity index (χ4n) is 1.79. The van der Waals surface area contributed by atoms with Crippen molar-refractivity contribution in [2.24, 2.45) is 0 Å². The molecule has 0 radical (unpaired) electrons. The summed E-state index contributed by atoms with van der Waals surface area (Å²) in [6, 6.07) is 5.50. The first-order chi connectivity index (χ1) is 8.38. The zero-order valence-corrected chi connectivity index (χ0v) is 9.59. The standard InChI is InChI=1S/C10H6N2O5S/c11-12-7-8(13)5-3-1-2-4-6(5)9(14)10(7)18(15,16)17/h1-4,10H,(H,15,16,17). The maximum atomic E-state index is 11.9. The third kappa shape index (κ3) is 1.68. The van der Waals surface area contributed by atoms with E-state index in [4.69, 9.17) is 10.1 Å². The molecule has 0 amide bonds. The molecule has 1 aromatic rings. The number of hydrogen-bond acceptors (Lipinski definition) is 4. The fourth-order valence-corrected chi connectivity index (χ4v) is 2.63. The first-order valence-electron chi connectivity index (χ1n) is 4.74. The quantitative estimate of drug-likeness (QED) is 0.435. The molecule has 2 rings (SSSR count). The predicted octanol–water partition coefficient (Wildman–Crippen LogP) is -0.00720. The molecule has 0 saturated heterocycles. The number of nitrogens with zero attached hydrogens (tertiary/aromatic N) is 2. The Kier molecular flexibility index (Phi) is 2.70. The van der Waals surface area contributed by atoms with Gasteiger partial charge in [-0.2, -0.15) is 13.2 Å². The van der Waals surface area contributed by atoms with Crippen molar-refractivity contribution in [3.63, 3.8) is 0 Å². The molecule has 1 N–H and O–H groups in total. The van der Waals surface area contributed by atoms with E-state index >= 15 is 0 Å². The van der Waals surface area contributed by atoms with Crippen molar-refractivity contribution >= 4 is 27.4 Å². The molecule has 1 atom stereocenters. The molecule has 18 heavy (non-hydrogen) atoms. The van der Waals surface area contributed by atoms with Gasteiger partial charge in [-0.1, -0.05) is 24.3 Å². The molecule has 8 heteroatoms. The molecular weight excluding hydrogens is 260 g/mol. The van der Waals surface area contributed by atoms with Gasteiger partial charge in [0.15, 0.2) is 5.78 Å². The van der Waals surface area contributed by atoms with Crippen LogP contribution in [0.4, 0.5) is 0 Å². The number of ketones is 2. The van der Waals surface area contributed by atoms with Gasteiger partial charge in [-0.05, 0) is 0 Å². The molecule has 1 aromatic carbocycles. The van der Waals surface area contributed by atoms with Gasteiger partial charge in [0.25, 0.3) is 21.2 Å². The van der Waals surface area contributed by atoms with Gasteiger partial charge in [0, 0.05) is 11.1 Å². The summed E-state index contributed by atoms with van der Waals surface area (Å²) in [7, 11) is -4.87. The van der Waals surface area contributed by atoms with Crippen molar-refractivity contribution in [2.45, 2.75) is 5.25 Å². The molecule has 92 valence electrons. The van der Waals surface area contributed by atoms with Gasteiger partial charge in [0.1, 0.15) is 0 Å². The summed E-state index contributed by atoms with van der Waals surface area (Å²) in [5.74, 6) is -1.91. The Morgan fingerprint density at radius 2 is 1.72 bits per heavy atom. The van der Waals surface area contributed by atoms with Crippen LogP contribution < -0.4 is 0 Å². The lowest BCUT2D eigenvalue weighted by Crippen LogP contribution is -2.46. The van der Waals surface area contributed by atoms with Crippen LogP contribution in [0.2, 0.25) is 0 Å². The van der Waals surface area contributed by atoms with Crippen LogP contribution in [0, 0.1) is 0 Å². The molecule has 0 fully saturated rings. The zero-order valence-electron chi connectivity index (χ0n) is 8.77. The second-order valence-corrected chi connectivity index (χ2v) is 5.12. The summed E-state index contributed by atoms with van der Waals surface area (Å²) in [6.07, 6.45) is 0. The van der Waals surface area contributed by atoms with Crippen molar-refractivity contribution in [3.05, 3.63) is 40.9 Å². The average Bonchev–Trinajstić information content (AvgIpc) is 2.32. The second kappa shape index (κ2) is 3.95. The molecule has 7 nitrogen and oxygen atoms in total. The molecular formula is C10H6N2O5S. The van der Waals surface area contributed by atoms with Crippen LogP contribution in [-0.4, -0.2) is 40.3 Å². The van der Waals surface area contributed by atoms with Gasteiger partial charge in [-0.3, -0.25) is 14.1 Å². The predicted molar refractivity (Wildman–Crippen MR) is 59.1 cm³/mol. The lowest BCUT2D eigenvalue weighted by Gasteiger charge is -2.16. The summed E-state index contributed by atoms with van der Waals surface area (Å²) in [4.78, 5) is 26.3. The van der Waals surface area contributed by atoms with E-state index in [0.717, 1.165) is 0 Å². The number of carbonyl (C=O) groups excluding carboxylic acids is 2. The minimum atomic E-state index is -4.87. The van der Waals surface area contributed by atoms with Crippen LogP contribution >= 0.6 is 0 Å². The third-order valence-electron chi connectivity index (χ3n) is 2.56.